The van der Waals surface area contributed by atoms with Crippen LogP contribution in [-0.2, 0) is 6.42 Å². The summed E-state index contributed by atoms with van der Waals surface area (Å²) in [6.45, 7) is 6.90. The van der Waals surface area contributed by atoms with E-state index in [1.165, 1.54) is 26.1 Å². The highest BCUT2D eigenvalue weighted by molar-refractivity contribution is 7.09. The quantitative estimate of drug-likeness (QED) is 0.886. The van der Waals surface area contributed by atoms with Crippen molar-refractivity contribution < 1.29 is 0 Å². The number of aryl methyl sites for hydroxylation is 1. The van der Waals surface area contributed by atoms with Crippen LogP contribution >= 0.6 is 11.5 Å². The van der Waals surface area contributed by atoms with Gasteiger partial charge in [0.25, 0.3) is 0 Å². The summed E-state index contributed by atoms with van der Waals surface area (Å²) in [6.07, 6.45) is 3.45. The first-order chi connectivity index (χ1) is 8.36. The van der Waals surface area contributed by atoms with Crippen LogP contribution < -0.4 is 10.2 Å². The maximum Gasteiger partial charge on any atom is 0.205 e. The monoisotopic (exact) mass is 252 g/mol. The van der Waals surface area contributed by atoms with Crippen molar-refractivity contribution in [2.75, 3.05) is 31.1 Å². The Hall–Kier alpha value is -0.680. The molecule has 0 bridgehead atoms. The van der Waals surface area contributed by atoms with E-state index in [9.17, 15) is 0 Å². The lowest BCUT2D eigenvalue weighted by Gasteiger charge is -2.33. The Morgan fingerprint density at radius 2 is 2.29 bits per heavy atom. The molecular formula is C12H20N4S. The molecule has 0 aromatic carbocycles. The highest BCUT2D eigenvalue weighted by Crippen LogP contribution is 2.30. The molecule has 17 heavy (non-hydrogen) atoms. The van der Waals surface area contributed by atoms with Gasteiger partial charge in [0.1, 0.15) is 5.82 Å². The smallest absolute Gasteiger partial charge is 0.205 e. The van der Waals surface area contributed by atoms with Crippen LogP contribution in [0.2, 0.25) is 0 Å². The van der Waals surface area contributed by atoms with E-state index in [4.69, 9.17) is 0 Å². The molecule has 2 fully saturated rings. The molecule has 5 heteroatoms. The second kappa shape index (κ2) is 4.90. The van der Waals surface area contributed by atoms with Crippen LogP contribution in [0.15, 0.2) is 0 Å². The van der Waals surface area contributed by atoms with E-state index in [0.717, 1.165) is 42.2 Å². The number of nitrogens with one attached hydrogen (secondary N) is 1. The zero-order chi connectivity index (χ0) is 11.7. The van der Waals surface area contributed by atoms with Gasteiger partial charge in [-0.15, -0.1) is 0 Å². The van der Waals surface area contributed by atoms with Gasteiger partial charge in [0.2, 0.25) is 5.13 Å². The summed E-state index contributed by atoms with van der Waals surface area (Å²) in [5.74, 6) is 2.75. The Kier molecular flexibility index (Phi) is 3.29. The molecule has 2 saturated heterocycles. The predicted molar refractivity (Wildman–Crippen MR) is 70.6 cm³/mol. The topological polar surface area (TPSA) is 41.1 Å². The summed E-state index contributed by atoms with van der Waals surface area (Å²) in [5.41, 5.74) is 0. The van der Waals surface area contributed by atoms with E-state index in [0.29, 0.717) is 0 Å². The number of hydrogen-bond donors (Lipinski definition) is 1. The molecule has 0 spiro atoms. The Morgan fingerprint density at radius 3 is 3.18 bits per heavy atom. The Bertz CT molecular complexity index is 378. The summed E-state index contributed by atoms with van der Waals surface area (Å²) < 4.78 is 4.44. The van der Waals surface area contributed by atoms with Gasteiger partial charge in [-0.2, -0.15) is 4.37 Å². The minimum absolute atomic E-state index is 0.822. The lowest BCUT2D eigenvalue weighted by atomic mass is 9.89. The molecule has 2 aliphatic rings. The van der Waals surface area contributed by atoms with E-state index in [1.54, 1.807) is 11.5 Å². The van der Waals surface area contributed by atoms with Gasteiger partial charge in [-0.3, -0.25) is 0 Å². The zero-order valence-corrected chi connectivity index (χ0v) is 11.2. The van der Waals surface area contributed by atoms with Crippen LogP contribution in [0, 0.1) is 11.8 Å². The molecule has 1 aromatic heterocycles. The number of rotatable bonds is 3. The first-order valence-electron chi connectivity index (χ1n) is 6.65. The van der Waals surface area contributed by atoms with E-state index in [1.807, 2.05) is 0 Å². The molecule has 94 valence electrons. The number of hydrogen-bond acceptors (Lipinski definition) is 5. The molecule has 2 atom stereocenters. The number of anilines is 1. The lowest BCUT2D eigenvalue weighted by Crippen LogP contribution is -2.40. The predicted octanol–water partition coefficient (Wildman–Crippen LogP) is 1.54. The molecule has 0 radical (unpaired) electrons. The Morgan fingerprint density at radius 1 is 1.41 bits per heavy atom. The molecule has 4 nitrogen and oxygen atoms in total. The van der Waals surface area contributed by atoms with E-state index >= 15 is 0 Å². The van der Waals surface area contributed by atoms with Crippen molar-refractivity contribution >= 4 is 16.7 Å². The number of nitrogens with zero attached hydrogens (tertiary/aromatic N) is 3. The standard InChI is InChI=1S/C12H20N4S/c1-2-3-11-14-12(17-15-11)16-5-4-9-6-13-7-10(9)8-16/h9-10,13H,2-8H2,1H3. The van der Waals surface area contributed by atoms with Gasteiger partial charge >= 0.3 is 0 Å². The summed E-state index contributed by atoms with van der Waals surface area (Å²) >= 11 is 1.57. The normalized spacial score (nSPS) is 28.4. The molecule has 0 aliphatic carbocycles. The molecular weight excluding hydrogens is 232 g/mol. The van der Waals surface area contributed by atoms with Crippen molar-refractivity contribution in [3.8, 4) is 0 Å². The first-order valence-corrected chi connectivity index (χ1v) is 7.42. The molecule has 1 N–H and O–H groups in total. The molecule has 2 aliphatic heterocycles. The zero-order valence-electron chi connectivity index (χ0n) is 10.4. The minimum atomic E-state index is 0.822. The number of piperidine rings is 1. The highest BCUT2D eigenvalue weighted by atomic mass is 32.1. The minimum Gasteiger partial charge on any atom is -0.347 e. The SMILES string of the molecule is CCCc1nsc(N2CCC3CNCC3C2)n1. The Balaban J connectivity index is 1.67. The van der Waals surface area contributed by atoms with Gasteiger partial charge in [-0.25, -0.2) is 4.98 Å². The largest absolute Gasteiger partial charge is 0.347 e. The summed E-state index contributed by atoms with van der Waals surface area (Å²) in [5, 5.41) is 4.64. The summed E-state index contributed by atoms with van der Waals surface area (Å²) in [4.78, 5) is 7.09. The van der Waals surface area contributed by atoms with E-state index < -0.39 is 0 Å². The maximum atomic E-state index is 4.65. The fraction of sp³-hybridized carbons (Fsp3) is 0.833. The van der Waals surface area contributed by atoms with Crippen LogP contribution in [0.5, 0.6) is 0 Å². The molecule has 0 amide bonds. The van der Waals surface area contributed by atoms with E-state index in [2.05, 4.69) is 26.5 Å². The van der Waals surface area contributed by atoms with Crippen LogP contribution in [0.4, 0.5) is 5.13 Å². The molecule has 3 heterocycles. The second-order valence-electron chi connectivity index (χ2n) is 5.16. The third-order valence-corrected chi connectivity index (χ3v) is 4.72. The van der Waals surface area contributed by atoms with E-state index in [-0.39, 0.29) is 0 Å². The van der Waals surface area contributed by atoms with Crippen molar-refractivity contribution in [1.82, 2.24) is 14.7 Å². The fourth-order valence-corrected chi connectivity index (χ4v) is 3.65. The van der Waals surface area contributed by atoms with Crippen LogP contribution in [0.1, 0.15) is 25.6 Å². The number of aromatic nitrogens is 2. The van der Waals surface area contributed by atoms with Gasteiger partial charge in [0.05, 0.1) is 0 Å². The van der Waals surface area contributed by atoms with Crippen molar-refractivity contribution in [3.63, 3.8) is 0 Å². The summed E-state index contributed by atoms with van der Waals surface area (Å²) in [6, 6.07) is 0. The third-order valence-electron chi connectivity index (χ3n) is 3.91. The van der Waals surface area contributed by atoms with Crippen molar-refractivity contribution in [2.24, 2.45) is 11.8 Å². The fourth-order valence-electron chi connectivity index (χ4n) is 2.91. The van der Waals surface area contributed by atoms with Gasteiger partial charge in [0, 0.05) is 31.0 Å². The maximum absolute atomic E-state index is 4.65. The summed E-state index contributed by atoms with van der Waals surface area (Å²) in [7, 11) is 0. The lowest BCUT2D eigenvalue weighted by molar-refractivity contribution is 0.348. The average Bonchev–Trinajstić information content (AvgIpc) is 2.96. The van der Waals surface area contributed by atoms with Crippen LogP contribution in [0.25, 0.3) is 0 Å². The van der Waals surface area contributed by atoms with Crippen molar-refractivity contribution in [3.05, 3.63) is 5.82 Å². The second-order valence-corrected chi connectivity index (χ2v) is 5.89. The van der Waals surface area contributed by atoms with Crippen LogP contribution in [-0.4, -0.2) is 35.5 Å². The molecule has 0 saturated carbocycles. The third kappa shape index (κ3) is 2.31. The van der Waals surface area contributed by atoms with Crippen molar-refractivity contribution in [2.45, 2.75) is 26.2 Å². The average molecular weight is 252 g/mol. The molecule has 1 aromatic rings. The van der Waals surface area contributed by atoms with Gasteiger partial charge in [0.15, 0.2) is 0 Å². The van der Waals surface area contributed by atoms with Gasteiger partial charge in [-0.1, -0.05) is 6.92 Å². The van der Waals surface area contributed by atoms with Crippen molar-refractivity contribution in [1.29, 1.82) is 0 Å². The molecule has 3 rings (SSSR count). The van der Waals surface area contributed by atoms with Gasteiger partial charge in [-0.05, 0) is 37.8 Å². The number of fused-ring (bicyclic) bond motifs is 1. The molecule has 2 unspecified atom stereocenters. The highest BCUT2D eigenvalue weighted by Gasteiger charge is 2.33. The van der Waals surface area contributed by atoms with Gasteiger partial charge < -0.3 is 10.2 Å². The first kappa shape index (κ1) is 11.4. The Labute approximate surface area is 107 Å². The van der Waals surface area contributed by atoms with Crippen LogP contribution in [0.3, 0.4) is 0 Å².